The molecular formula is C14H23NO2. The van der Waals surface area contributed by atoms with Crippen molar-refractivity contribution in [2.75, 3.05) is 0 Å². The normalized spacial score (nSPS) is 23.1. The second-order valence-electron chi connectivity index (χ2n) is 5.48. The number of carbonyl (C=O) groups excluding carboxylic acids is 2. The Labute approximate surface area is 103 Å². The molecule has 0 aromatic heterocycles. The molecule has 96 valence electrons. The fourth-order valence-electron chi connectivity index (χ4n) is 2.77. The smallest absolute Gasteiger partial charge is 0.223 e. The number of hydrogen-bond acceptors (Lipinski definition) is 2. The Bertz CT molecular complexity index is 291. The van der Waals surface area contributed by atoms with E-state index in [2.05, 4.69) is 5.32 Å². The molecule has 0 aromatic rings. The van der Waals surface area contributed by atoms with Crippen molar-refractivity contribution in [3.8, 4) is 0 Å². The molecule has 0 spiro atoms. The van der Waals surface area contributed by atoms with Crippen LogP contribution < -0.4 is 5.32 Å². The minimum absolute atomic E-state index is 0.113. The summed E-state index contributed by atoms with van der Waals surface area (Å²) in [5, 5.41) is 3.01. The van der Waals surface area contributed by atoms with Gasteiger partial charge in [-0.2, -0.15) is 0 Å². The van der Waals surface area contributed by atoms with Crippen molar-refractivity contribution in [3.63, 3.8) is 0 Å². The van der Waals surface area contributed by atoms with E-state index in [0.29, 0.717) is 12.3 Å². The van der Waals surface area contributed by atoms with Crippen LogP contribution >= 0.6 is 0 Å². The van der Waals surface area contributed by atoms with Crippen molar-refractivity contribution in [2.24, 2.45) is 11.8 Å². The Morgan fingerprint density at radius 2 is 1.76 bits per heavy atom. The Morgan fingerprint density at radius 3 is 2.29 bits per heavy atom. The lowest BCUT2D eigenvalue weighted by molar-refractivity contribution is -0.129. The quantitative estimate of drug-likeness (QED) is 0.798. The van der Waals surface area contributed by atoms with E-state index in [1.54, 1.807) is 0 Å². The number of rotatable bonds is 5. The van der Waals surface area contributed by atoms with Crippen LogP contribution in [0.1, 0.15) is 58.3 Å². The van der Waals surface area contributed by atoms with Crippen molar-refractivity contribution in [1.82, 2.24) is 5.32 Å². The average molecular weight is 237 g/mol. The third-order valence-electron chi connectivity index (χ3n) is 4.06. The van der Waals surface area contributed by atoms with E-state index in [-0.39, 0.29) is 23.7 Å². The summed E-state index contributed by atoms with van der Waals surface area (Å²) in [6.07, 6.45) is 8.43. The summed E-state index contributed by atoms with van der Waals surface area (Å²) in [5.74, 6) is 0.915. The van der Waals surface area contributed by atoms with E-state index in [4.69, 9.17) is 0 Å². The summed E-state index contributed by atoms with van der Waals surface area (Å²) >= 11 is 0. The van der Waals surface area contributed by atoms with E-state index in [0.717, 1.165) is 25.7 Å². The fraction of sp³-hybridized carbons (Fsp3) is 0.857. The molecule has 2 rings (SSSR count). The molecule has 2 aliphatic rings. The van der Waals surface area contributed by atoms with Crippen LogP contribution in [0.25, 0.3) is 0 Å². The summed E-state index contributed by atoms with van der Waals surface area (Å²) in [4.78, 5) is 23.8. The minimum atomic E-state index is -0.201. The predicted octanol–water partition coefficient (Wildman–Crippen LogP) is 2.44. The summed E-state index contributed by atoms with van der Waals surface area (Å²) < 4.78 is 0. The summed E-state index contributed by atoms with van der Waals surface area (Å²) in [6.45, 7) is 1.89. The lowest BCUT2D eigenvalue weighted by Gasteiger charge is -2.29. The maximum absolute atomic E-state index is 12.0. The Kier molecular flexibility index (Phi) is 4.19. The first-order chi connectivity index (χ1) is 8.22. The lowest BCUT2D eigenvalue weighted by atomic mass is 9.81. The van der Waals surface area contributed by atoms with Crippen LogP contribution in [0, 0.1) is 11.8 Å². The van der Waals surface area contributed by atoms with E-state index in [1.165, 1.54) is 19.3 Å². The van der Waals surface area contributed by atoms with Gasteiger partial charge in [-0.1, -0.05) is 26.2 Å². The largest absolute Gasteiger partial charge is 0.346 e. The molecule has 17 heavy (non-hydrogen) atoms. The Hall–Kier alpha value is -0.860. The number of amides is 1. The molecule has 2 saturated carbocycles. The summed E-state index contributed by atoms with van der Waals surface area (Å²) in [5.41, 5.74) is 0. The van der Waals surface area contributed by atoms with Crippen molar-refractivity contribution in [3.05, 3.63) is 0 Å². The van der Waals surface area contributed by atoms with Crippen LogP contribution in [0.3, 0.4) is 0 Å². The van der Waals surface area contributed by atoms with Gasteiger partial charge in [0, 0.05) is 12.3 Å². The van der Waals surface area contributed by atoms with Gasteiger partial charge in [0.2, 0.25) is 5.91 Å². The minimum Gasteiger partial charge on any atom is -0.346 e. The van der Waals surface area contributed by atoms with Crippen LogP contribution in [0.5, 0.6) is 0 Å². The topological polar surface area (TPSA) is 46.2 Å². The second kappa shape index (κ2) is 5.65. The zero-order valence-electron chi connectivity index (χ0n) is 10.7. The number of carbonyl (C=O) groups is 2. The van der Waals surface area contributed by atoms with Crippen molar-refractivity contribution in [1.29, 1.82) is 0 Å². The standard InChI is InChI=1S/C14H23NO2/c1-2-12(16)13(10-6-4-3-5-7-10)15-14(17)11-8-9-11/h10-11,13H,2-9H2,1H3,(H,15,17)/t13-/m1/s1. The highest BCUT2D eigenvalue weighted by molar-refractivity contribution is 5.90. The lowest BCUT2D eigenvalue weighted by Crippen LogP contribution is -2.47. The van der Waals surface area contributed by atoms with Crippen LogP contribution in [-0.2, 0) is 9.59 Å². The first kappa shape index (κ1) is 12.6. The Balaban J connectivity index is 1.95. The molecule has 3 heteroatoms. The molecule has 1 N–H and O–H groups in total. The number of nitrogens with one attached hydrogen (secondary N) is 1. The third-order valence-corrected chi connectivity index (χ3v) is 4.06. The second-order valence-corrected chi connectivity index (χ2v) is 5.48. The summed E-state index contributed by atoms with van der Waals surface area (Å²) in [6, 6.07) is -0.201. The van der Waals surface area contributed by atoms with E-state index >= 15 is 0 Å². The zero-order valence-corrected chi connectivity index (χ0v) is 10.7. The fourth-order valence-corrected chi connectivity index (χ4v) is 2.77. The van der Waals surface area contributed by atoms with E-state index in [9.17, 15) is 9.59 Å². The molecule has 0 unspecified atom stereocenters. The first-order valence-electron chi connectivity index (χ1n) is 7.05. The summed E-state index contributed by atoms with van der Waals surface area (Å²) in [7, 11) is 0. The van der Waals surface area contributed by atoms with Crippen molar-refractivity contribution >= 4 is 11.7 Å². The first-order valence-corrected chi connectivity index (χ1v) is 7.05. The van der Waals surface area contributed by atoms with Gasteiger partial charge in [-0.3, -0.25) is 9.59 Å². The van der Waals surface area contributed by atoms with Gasteiger partial charge in [0.05, 0.1) is 6.04 Å². The number of Topliss-reactive ketones (excluding diaryl/α,β-unsaturated/α-hetero) is 1. The van der Waals surface area contributed by atoms with Gasteiger partial charge in [-0.25, -0.2) is 0 Å². The third kappa shape index (κ3) is 3.30. The molecule has 2 fully saturated rings. The van der Waals surface area contributed by atoms with Crippen LogP contribution in [0.2, 0.25) is 0 Å². The highest BCUT2D eigenvalue weighted by Gasteiger charge is 2.35. The predicted molar refractivity (Wildman–Crippen MR) is 66.5 cm³/mol. The zero-order chi connectivity index (χ0) is 12.3. The molecular weight excluding hydrogens is 214 g/mol. The number of ketones is 1. The van der Waals surface area contributed by atoms with Gasteiger partial charge >= 0.3 is 0 Å². The molecule has 2 aliphatic carbocycles. The molecule has 0 radical (unpaired) electrons. The maximum Gasteiger partial charge on any atom is 0.223 e. The molecule has 0 aromatic carbocycles. The van der Waals surface area contributed by atoms with Gasteiger partial charge in [0.1, 0.15) is 0 Å². The van der Waals surface area contributed by atoms with E-state index < -0.39 is 0 Å². The molecule has 3 nitrogen and oxygen atoms in total. The molecule has 1 atom stereocenters. The molecule has 0 heterocycles. The van der Waals surface area contributed by atoms with Crippen LogP contribution in [-0.4, -0.2) is 17.7 Å². The van der Waals surface area contributed by atoms with Gasteiger partial charge in [-0.15, -0.1) is 0 Å². The molecule has 0 saturated heterocycles. The van der Waals surface area contributed by atoms with Crippen LogP contribution in [0.4, 0.5) is 0 Å². The van der Waals surface area contributed by atoms with Gasteiger partial charge in [0.25, 0.3) is 0 Å². The molecule has 0 aliphatic heterocycles. The Morgan fingerprint density at radius 1 is 1.12 bits per heavy atom. The highest BCUT2D eigenvalue weighted by Crippen LogP contribution is 2.31. The maximum atomic E-state index is 12.0. The SMILES string of the molecule is CCC(=O)[C@H](NC(=O)C1CC1)C1CCCCC1. The van der Waals surface area contributed by atoms with E-state index in [1.807, 2.05) is 6.92 Å². The number of hydrogen-bond donors (Lipinski definition) is 1. The average Bonchev–Trinajstić information content (AvgIpc) is 3.20. The van der Waals surface area contributed by atoms with Gasteiger partial charge < -0.3 is 5.32 Å². The van der Waals surface area contributed by atoms with Gasteiger partial charge in [-0.05, 0) is 31.6 Å². The van der Waals surface area contributed by atoms with Crippen LogP contribution in [0.15, 0.2) is 0 Å². The van der Waals surface area contributed by atoms with Crippen molar-refractivity contribution < 1.29 is 9.59 Å². The molecule has 0 bridgehead atoms. The van der Waals surface area contributed by atoms with Crippen molar-refractivity contribution in [2.45, 2.75) is 64.3 Å². The monoisotopic (exact) mass is 237 g/mol. The molecule has 1 amide bonds. The highest BCUT2D eigenvalue weighted by atomic mass is 16.2. The van der Waals surface area contributed by atoms with Gasteiger partial charge in [0.15, 0.2) is 5.78 Å².